The number of hydrogen-bond acceptors (Lipinski definition) is 3. The topological polar surface area (TPSA) is 50.3 Å². The maximum absolute atomic E-state index is 12.9. The molecule has 3 aliphatic rings. The molecule has 2 fully saturated rings. The Labute approximate surface area is 127 Å². The van der Waals surface area contributed by atoms with Crippen molar-refractivity contribution in [3.05, 3.63) is 48.7 Å². The van der Waals surface area contributed by atoms with Crippen LogP contribution in [0.1, 0.15) is 6.42 Å². The van der Waals surface area contributed by atoms with E-state index in [9.17, 15) is 9.59 Å². The van der Waals surface area contributed by atoms with Crippen LogP contribution in [0.25, 0.3) is 10.9 Å². The van der Waals surface area contributed by atoms with Crippen molar-refractivity contribution in [3.8, 4) is 0 Å². The third-order valence-electron chi connectivity index (χ3n) is 5.32. The number of carbonyl (C=O) groups is 2. The molecule has 4 heteroatoms. The van der Waals surface area contributed by atoms with E-state index in [0.717, 1.165) is 11.8 Å². The van der Waals surface area contributed by atoms with E-state index in [1.807, 2.05) is 30.3 Å². The molecule has 2 heterocycles. The van der Waals surface area contributed by atoms with E-state index in [-0.39, 0.29) is 35.5 Å². The van der Waals surface area contributed by atoms with E-state index in [4.69, 9.17) is 0 Å². The predicted molar refractivity (Wildman–Crippen MR) is 82.0 cm³/mol. The third kappa shape index (κ3) is 1.35. The number of anilines is 1. The second-order valence-corrected chi connectivity index (χ2v) is 6.36. The van der Waals surface area contributed by atoms with Crippen molar-refractivity contribution in [2.45, 2.75) is 6.42 Å². The largest absolute Gasteiger partial charge is 0.274 e. The lowest BCUT2D eigenvalue weighted by atomic mass is 9.85. The maximum atomic E-state index is 12.9. The van der Waals surface area contributed by atoms with Crippen molar-refractivity contribution < 1.29 is 9.59 Å². The van der Waals surface area contributed by atoms with Gasteiger partial charge in [-0.2, -0.15) is 0 Å². The van der Waals surface area contributed by atoms with Crippen LogP contribution in [0.3, 0.4) is 0 Å². The molecule has 4 atom stereocenters. The van der Waals surface area contributed by atoms with Crippen LogP contribution in [-0.4, -0.2) is 16.8 Å². The average Bonchev–Trinajstić information content (AvgIpc) is 3.21. The summed E-state index contributed by atoms with van der Waals surface area (Å²) in [5, 5.41) is 0.943. The first-order valence-corrected chi connectivity index (χ1v) is 7.65. The van der Waals surface area contributed by atoms with Gasteiger partial charge in [-0.05, 0) is 30.4 Å². The first-order valence-electron chi connectivity index (χ1n) is 7.65. The minimum Gasteiger partial charge on any atom is -0.274 e. The van der Waals surface area contributed by atoms with Gasteiger partial charge in [0.2, 0.25) is 11.8 Å². The number of aromatic nitrogens is 1. The van der Waals surface area contributed by atoms with E-state index >= 15 is 0 Å². The molecule has 1 aromatic carbocycles. The first kappa shape index (κ1) is 12.1. The summed E-state index contributed by atoms with van der Waals surface area (Å²) in [7, 11) is 0. The summed E-state index contributed by atoms with van der Waals surface area (Å²) in [6, 6.07) is 9.45. The van der Waals surface area contributed by atoms with Crippen molar-refractivity contribution in [1.82, 2.24) is 4.98 Å². The number of allylic oxidation sites excluding steroid dienone is 2. The molecule has 0 spiro atoms. The minimum atomic E-state index is -0.165. The molecule has 4 nitrogen and oxygen atoms in total. The quantitative estimate of drug-likeness (QED) is 0.599. The molecule has 0 N–H and O–H groups in total. The molecule has 2 aromatic rings. The number of imide groups is 1. The normalized spacial score (nSPS) is 32.3. The number of benzene rings is 1. The molecule has 1 saturated carbocycles. The Hall–Kier alpha value is -2.49. The summed E-state index contributed by atoms with van der Waals surface area (Å²) in [6.45, 7) is 0. The number of hydrogen-bond donors (Lipinski definition) is 0. The van der Waals surface area contributed by atoms with Crippen LogP contribution >= 0.6 is 0 Å². The monoisotopic (exact) mass is 290 g/mol. The highest BCUT2D eigenvalue weighted by Gasteiger charge is 2.59. The lowest BCUT2D eigenvalue weighted by Crippen LogP contribution is -2.33. The molecule has 2 bridgehead atoms. The number of para-hydroxylation sites is 1. The summed E-state index contributed by atoms with van der Waals surface area (Å²) in [4.78, 5) is 31.5. The van der Waals surface area contributed by atoms with Gasteiger partial charge in [0.1, 0.15) is 0 Å². The smallest absolute Gasteiger partial charge is 0.238 e. The number of amides is 2. The second kappa shape index (κ2) is 4.03. The number of fused-ring (bicyclic) bond motifs is 6. The molecular weight excluding hydrogens is 276 g/mol. The van der Waals surface area contributed by atoms with Crippen LogP contribution in [0.15, 0.2) is 48.7 Å². The molecule has 0 radical (unpaired) electrons. The van der Waals surface area contributed by atoms with Crippen LogP contribution in [0.4, 0.5) is 5.69 Å². The van der Waals surface area contributed by atoms with Crippen molar-refractivity contribution in [2.24, 2.45) is 23.7 Å². The van der Waals surface area contributed by atoms with E-state index in [0.29, 0.717) is 11.2 Å². The highest BCUT2D eigenvalue weighted by molar-refractivity contribution is 6.25. The molecule has 5 rings (SSSR count). The first-order chi connectivity index (χ1) is 10.8. The van der Waals surface area contributed by atoms with E-state index in [1.165, 1.54) is 4.90 Å². The molecule has 108 valence electrons. The Kier molecular flexibility index (Phi) is 2.22. The fourth-order valence-corrected chi connectivity index (χ4v) is 4.41. The third-order valence-corrected chi connectivity index (χ3v) is 5.32. The number of pyridine rings is 1. The van der Waals surface area contributed by atoms with Gasteiger partial charge >= 0.3 is 0 Å². The van der Waals surface area contributed by atoms with Gasteiger partial charge in [0.25, 0.3) is 0 Å². The molecule has 22 heavy (non-hydrogen) atoms. The molecular formula is C18H14N2O2. The Bertz CT molecular complexity index is 822. The molecule has 1 saturated heterocycles. The lowest BCUT2D eigenvalue weighted by molar-refractivity contribution is -0.123. The standard InChI is InChI=1S/C18H14N2O2/c21-17-14-11-6-7-12(9-11)15(14)18(22)20(17)13-5-1-3-10-4-2-8-19-16(10)13/h1-8,11-12,14-15H,9H2/t11-,12+,14-,15+. The minimum absolute atomic E-state index is 0.0509. The van der Waals surface area contributed by atoms with Crippen LogP contribution in [-0.2, 0) is 9.59 Å². The van der Waals surface area contributed by atoms with Crippen molar-refractivity contribution >= 4 is 28.4 Å². The van der Waals surface area contributed by atoms with Crippen LogP contribution in [0.2, 0.25) is 0 Å². The van der Waals surface area contributed by atoms with Crippen molar-refractivity contribution in [1.29, 1.82) is 0 Å². The van der Waals surface area contributed by atoms with E-state index in [2.05, 4.69) is 17.1 Å². The second-order valence-electron chi connectivity index (χ2n) is 6.36. The van der Waals surface area contributed by atoms with Gasteiger partial charge in [-0.1, -0.05) is 30.4 Å². The van der Waals surface area contributed by atoms with Gasteiger partial charge in [-0.15, -0.1) is 0 Å². The summed E-state index contributed by atoms with van der Waals surface area (Å²) in [5.41, 5.74) is 1.34. The van der Waals surface area contributed by atoms with Crippen LogP contribution in [0.5, 0.6) is 0 Å². The fraction of sp³-hybridized carbons (Fsp3) is 0.278. The summed E-state index contributed by atoms with van der Waals surface area (Å²) in [5.74, 6) is 0.0386. The zero-order valence-corrected chi connectivity index (χ0v) is 11.8. The molecule has 2 amide bonds. The van der Waals surface area contributed by atoms with Gasteiger partial charge in [0.15, 0.2) is 0 Å². The Morgan fingerprint density at radius 3 is 2.36 bits per heavy atom. The summed E-state index contributed by atoms with van der Waals surface area (Å²) in [6.07, 6.45) is 6.88. The highest BCUT2D eigenvalue weighted by atomic mass is 16.2. The summed E-state index contributed by atoms with van der Waals surface area (Å²) >= 11 is 0. The van der Waals surface area contributed by atoms with E-state index in [1.54, 1.807) is 6.20 Å². The fourth-order valence-electron chi connectivity index (χ4n) is 4.41. The number of carbonyl (C=O) groups excluding carboxylic acids is 2. The molecule has 1 aromatic heterocycles. The zero-order valence-electron chi connectivity index (χ0n) is 11.8. The Balaban J connectivity index is 1.67. The lowest BCUT2D eigenvalue weighted by Gasteiger charge is -2.18. The number of rotatable bonds is 1. The predicted octanol–water partition coefficient (Wildman–Crippen LogP) is 2.55. The molecule has 1 aliphatic heterocycles. The highest BCUT2D eigenvalue weighted by Crippen LogP contribution is 2.53. The van der Waals surface area contributed by atoms with Gasteiger partial charge in [0, 0.05) is 11.6 Å². The maximum Gasteiger partial charge on any atom is 0.238 e. The van der Waals surface area contributed by atoms with E-state index < -0.39 is 0 Å². The molecule has 2 aliphatic carbocycles. The SMILES string of the molecule is O=C1[C@@H]2[C@H](C(=O)N1c1cccc3cccnc13)[C@@H]1C=C[C@H]2C1. The van der Waals surface area contributed by atoms with Gasteiger partial charge in [0.05, 0.1) is 23.0 Å². The Morgan fingerprint density at radius 2 is 1.64 bits per heavy atom. The average molecular weight is 290 g/mol. The van der Waals surface area contributed by atoms with Crippen molar-refractivity contribution in [2.75, 3.05) is 4.90 Å². The Morgan fingerprint density at radius 1 is 0.955 bits per heavy atom. The van der Waals surface area contributed by atoms with Gasteiger partial charge < -0.3 is 0 Å². The van der Waals surface area contributed by atoms with Gasteiger partial charge in [-0.3, -0.25) is 14.6 Å². The van der Waals surface area contributed by atoms with Crippen LogP contribution < -0.4 is 4.90 Å². The van der Waals surface area contributed by atoms with Crippen molar-refractivity contribution in [3.63, 3.8) is 0 Å². The number of nitrogens with zero attached hydrogens (tertiary/aromatic N) is 2. The van der Waals surface area contributed by atoms with Crippen LogP contribution in [0, 0.1) is 23.7 Å². The molecule has 0 unspecified atom stereocenters. The van der Waals surface area contributed by atoms with Gasteiger partial charge in [-0.25, -0.2) is 4.90 Å². The summed E-state index contributed by atoms with van der Waals surface area (Å²) < 4.78 is 0. The zero-order chi connectivity index (χ0) is 14.8.